The molecule has 1 amide bonds. The molecule has 0 aromatic heterocycles. The summed E-state index contributed by atoms with van der Waals surface area (Å²) < 4.78 is 5.24. The Balaban J connectivity index is 1.88. The van der Waals surface area contributed by atoms with Gasteiger partial charge in [0, 0.05) is 0 Å². The van der Waals surface area contributed by atoms with Crippen LogP contribution in [-0.2, 0) is 20.9 Å². The molecule has 0 saturated carbocycles. The van der Waals surface area contributed by atoms with Gasteiger partial charge in [0.2, 0.25) is 5.91 Å². The molecule has 1 aliphatic heterocycles. The summed E-state index contributed by atoms with van der Waals surface area (Å²) in [6.07, 6.45) is -0.766. The van der Waals surface area contributed by atoms with Crippen LogP contribution in [0.25, 0.3) is 0 Å². The van der Waals surface area contributed by atoms with Gasteiger partial charge in [0.05, 0.1) is 24.0 Å². The van der Waals surface area contributed by atoms with Crippen molar-refractivity contribution in [3.63, 3.8) is 0 Å². The van der Waals surface area contributed by atoms with Gasteiger partial charge in [-0.2, -0.15) is 0 Å². The summed E-state index contributed by atoms with van der Waals surface area (Å²) in [5.41, 5.74) is 0.915. The first kappa shape index (κ1) is 14.5. The maximum Gasteiger partial charge on any atom is 0.311 e. The third kappa shape index (κ3) is 2.99. The van der Waals surface area contributed by atoms with Crippen LogP contribution < -0.4 is 5.32 Å². The van der Waals surface area contributed by atoms with Gasteiger partial charge >= 0.3 is 5.97 Å². The number of carbonyl (C=O) groups excluding carboxylic acids is 2. The lowest BCUT2D eigenvalue weighted by molar-refractivity contribution is -0.157. The number of hydrogen-bond acceptors (Lipinski definition) is 4. The highest BCUT2D eigenvalue weighted by atomic mass is 16.5. The zero-order valence-electron chi connectivity index (χ0n) is 11.6. The molecule has 2 unspecified atom stereocenters. The fourth-order valence-electron chi connectivity index (χ4n) is 2.38. The van der Waals surface area contributed by atoms with Gasteiger partial charge in [-0.15, -0.1) is 0 Å². The number of hydrogen-bond donors (Lipinski definition) is 2. The summed E-state index contributed by atoms with van der Waals surface area (Å²) >= 11 is 0. The molecular weight excluding hydrogens is 258 g/mol. The molecule has 1 heterocycles. The van der Waals surface area contributed by atoms with Crippen molar-refractivity contribution in [3.05, 3.63) is 35.9 Å². The molecule has 0 bridgehead atoms. The van der Waals surface area contributed by atoms with E-state index >= 15 is 0 Å². The normalized spacial score (nSPS) is 24.2. The maximum atomic E-state index is 12.0. The Kier molecular flexibility index (Phi) is 4.39. The lowest BCUT2D eigenvalue weighted by Crippen LogP contribution is -2.65. The molecule has 5 nitrogen and oxygen atoms in total. The molecule has 1 aromatic rings. The molecule has 0 spiro atoms. The Bertz CT molecular complexity index is 486. The van der Waals surface area contributed by atoms with E-state index in [1.807, 2.05) is 30.3 Å². The zero-order chi connectivity index (χ0) is 14.7. The SMILES string of the molecule is CC(C(=O)OCc1ccccc1)[C@H]1NC(=O)[C@@H]1C(C)O. The van der Waals surface area contributed by atoms with Crippen LogP contribution >= 0.6 is 0 Å². The van der Waals surface area contributed by atoms with Gasteiger partial charge in [-0.25, -0.2) is 0 Å². The first-order valence-corrected chi connectivity index (χ1v) is 6.69. The molecular formula is C15H19NO4. The molecule has 1 aliphatic rings. The van der Waals surface area contributed by atoms with Crippen molar-refractivity contribution < 1.29 is 19.4 Å². The van der Waals surface area contributed by atoms with E-state index in [1.54, 1.807) is 13.8 Å². The van der Waals surface area contributed by atoms with E-state index in [9.17, 15) is 14.7 Å². The van der Waals surface area contributed by atoms with Crippen molar-refractivity contribution in [2.45, 2.75) is 32.6 Å². The van der Waals surface area contributed by atoms with Crippen LogP contribution in [0.15, 0.2) is 30.3 Å². The van der Waals surface area contributed by atoms with Gasteiger partial charge in [0.25, 0.3) is 0 Å². The first-order chi connectivity index (χ1) is 9.50. The fourth-order valence-corrected chi connectivity index (χ4v) is 2.38. The van der Waals surface area contributed by atoms with Crippen LogP contribution in [0.3, 0.4) is 0 Å². The minimum atomic E-state index is -0.766. The third-order valence-electron chi connectivity index (χ3n) is 3.65. The summed E-state index contributed by atoms with van der Waals surface area (Å²) in [6, 6.07) is 9.05. The maximum absolute atomic E-state index is 12.0. The summed E-state index contributed by atoms with van der Waals surface area (Å²) in [5, 5.41) is 12.2. The lowest BCUT2D eigenvalue weighted by Gasteiger charge is -2.41. The standard InChI is InChI=1S/C15H19NO4/c1-9(13-12(10(2)17)14(18)16-13)15(19)20-8-11-6-4-3-5-7-11/h3-7,9-10,12-13,17H,8H2,1-2H3,(H,16,18)/t9?,10?,12-,13-/m1/s1. The second-order valence-electron chi connectivity index (χ2n) is 5.18. The van der Waals surface area contributed by atoms with E-state index in [2.05, 4.69) is 5.32 Å². The number of esters is 1. The second-order valence-corrected chi connectivity index (χ2v) is 5.18. The molecule has 108 valence electrons. The highest BCUT2D eigenvalue weighted by molar-refractivity contribution is 5.89. The summed E-state index contributed by atoms with van der Waals surface area (Å²) in [4.78, 5) is 23.3. The number of rotatable bonds is 5. The molecule has 1 fully saturated rings. The number of nitrogens with one attached hydrogen (secondary N) is 1. The van der Waals surface area contributed by atoms with Crippen molar-refractivity contribution in [2.24, 2.45) is 11.8 Å². The quantitative estimate of drug-likeness (QED) is 0.618. The zero-order valence-corrected chi connectivity index (χ0v) is 11.6. The van der Waals surface area contributed by atoms with Gasteiger partial charge in [-0.05, 0) is 19.4 Å². The number of aliphatic hydroxyl groups is 1. The molecule has 4 atom stereocenters. The van der Waals surface area contributed by atoms with Crippen LogP contribution in [0.1, 0.15) is 19.4 Å². The van der Waals surface area contributed by atoms with Crippen molar-refractivity contribution in [3.8, 4) is 0 Å². The third-order valence-corrected chi connectivity index (χ3v) is 3.65. The van der Waals surface area contributed by atoms with Gasteiger partial charge in [-0.3, -0.25) is 9.59 Å². The fraction of sp³-hybridized carbons (Fsp3) is 0.467. The van der Waals surface area contributed by atoms with E-state index < -0.39 is 17.9 Å². The number of benzene rings is 1. The molecule has 5 heteroatoms. The van der Waals surface area contributed by atoms with Crippen molar-refractivity contribution in [1.82, 2.24) is 5.32 Å². The van der Waals surface area contributed by atoms with E-state index in [4.69, 9.17) is 4.74 Å². The molecule has 2 rings (SSSR count). The predicted octanol–water partition coefficient (Wildman–Crippen LogP) is 0.861. The number of amides is 1. The first-order valence-electron chi connectivity index (χ1n) is 6.69. The van der Waals surface area contributed by atoms with Crippen molar-refractivity contribution in [1.29, 1.82) is 0 Å². The Morgan fingerprint density at radius 2 is 2.00 bits per heavy atom. The number of carbonyl (C=O) groups is 2. The predicted molar refractivity (Wildman–Crippen MR) is 72.5 cm³/mol. The Hall–Kier alpha value is -1.88. The van der Waals surface area contributed by atoms with Gasteiger partial charge in [0.1, 0.15) is 6.61 Å². The molecule has 0 radical (unpaired) electrons. The van der Waals surface area contributed by atoms with Gasteiger partial charge in [0.15, 0.2) is 0 Å². The molecule has 0 aliphatic carbocycles. The van der Waals surface area contributed by atoms with E-state index in [0.29, 0.717) is 0 Å². The van der Waals surface area contributed by atoms with Crippen molar-refractivity contribution in [2.75, 3.05) is 0 Å². The van der Waals surface area contributed by atoms with Crippen LogP contribution in [0.5, 0.6) is 0 Å². The molecule has 2 N–H and O–H groups in total. The summed E-state index contributed by atoms with van der Waals surface area (Å²) in [6.45, 7) is 3.47. The number of aliphatic hydroxyl groups excluding tert-OH is 1. The van der Waals surface area contributed by atoms with Gasteiger partial charge < -0.3 is 15.2 Å². The Morgan fingerprint density at radius 1 is 1.35 bits per heavy atom. The Labute approximate surface area is 117 Å². The summed E-state index contributed by atoms with van der Waals surface area (Å²) in [7, 11) is 0. The monoisotopic (exact) mass is 277 g/mol. The minimum Gasteiger partial charge on any atom is -0.461 e. The lowest BCUT2D eigenvalue weighted by atomic mass is 9.79. The highest BCUT2D eigenvalue weighted by Crippen LogP contribution is 2.26. The van der Waals surface area contributed by atoms with E-state index in [-0.39, 0.29) is 24.5 Å². The van der Waals surface area contributed by atoms with Crippen molar-refractivity contribution >= 4 is 11.9 Å². The number of ether oxygens (including phenoxy) is 1. The molecule has 1 aromatic carbocycles. The second kappa shape index (κ2) is 6.05. The Morgan fingerprint density at radius 3 is 2.55 bits per heavy atom. The smallest absolute Gasteiger partial charge is 0.311 e. The average Bonchev–Trinajstić information content (AvgIpc) is 2.41. The highest BCUT2D eigenvalue weighted by Gasteiger charge is 2.47. The molecule has 20 heavy (non-hydrogen) atoms. The van der Waals surface area contributed by atoms with Gasteiger partial charge in [-0.1, -0.05) is 30.3 Å². The van der Waals surface area contributed by atoms with Crippen LogP contribution in [0, 0.1) is 11.8 Å². The van der Waals surface area contributed by atoms with E-state index in [1.165, 1.54) is 0 Å². The van der Waals surface area contributed by atoms with Crippen LogP contribution in [-0.4, -0.2) is 29.1 Å². The minimum absolute atomic E-state index is 0.212. The van der Waals surface area contributed by atoms with E-state index in [0.717, 1.165) is 5.56 Å². The largest absolute Gasteiger partial charge is 0.461 e. The molecule has 1 saturated heterocycles. The average molecular weight is 277 g/mol. The summed E-state index contributed by atoms with van der Waals surface area (Å²) in [5.74, 6) is -1.59. The van der Waals surface area contributed by atoms with Crippen LogP contribution in [0.2, 0.25) is 0 Å². The topological polar surface area (TPSA) is 75.6 Å². The number of β-lactam (4-membered cyclic amide) rings is 1. The van der Waals surface area contributed by atoms with Crippen LogP contribution in [0.4, 0.5) is 0 Å².